The van der Waals surface area contributed by atoms with Crippen molar-refractivity contribution >= 4 is 28.6 Å². The molecule has 49 heavy (non-hydrogen) atoms. The first-order valence-corrected chi connectivity index (χ1v) is 17.5. The van der Waals surface area contributed by atoms with Crippen LogP contribution in [-0.2, 0) is 9.59 Å². The quantitative estimate of drug-likeness (QED) is 0.320. The molecule has 2 aromatic heterocycles. The van der Waals surface area contributed by atoms with E-state index in [-0.39, 0.29) is 23.6 Å². The molecule has 3 amide bonds. The lowest BCUT2D eigenvalue weighted by Gasteiger charge is -2.43. The first-order chi connectivity index (χ1) is 23.8. The largest absolute Gasteiger partial charge is 0.358 e. The molecular weight excluding hydrogens is 614 g/mol. The molecule has 0 aliphatic carbocycles. The fraction of sp³-hybridized carbons (Fsp3) is 0.410. The van der Waals surface area contributed by atoms with Crippen LogP contribution in [0.2, 0.25) is 0 Å². The molecule has 4 aromatic rings. The Balaban J connectivity index is 1.02. The van der Waals surface area contributed by atoms with Gasteiger partial charge in [0, 0.05) is 105 Å². The summed E-state index contributed by atoms with van der Waals surface area (Å²) in [5, 5.41) is 10.6. The van der Waals surface area contributed by atoms with E-state index in [1.165, 1.54) is 0 Å². The summed E-state index contributed by atoms with van der Waals surface area (Å²) in [6.07, 6.45) is 3.39. The Kier molecular flexibility index (Phi) is 9.19. The Morgan fingerprint density at radius 1 is 0.776 bits per heavy atom. The van der Waals surface area contributed by atoms with Crippen LogP contribution in [-0.4, -0.2) is 106 Å². The van der Waals surface area contributed by atoms with Gasteiger partial charge in [0.2, 0.25) is 11.8 Å². The fourth-order valence-electron chi connectivity index (χ4n) is 7.81. The Labute approximate surface area is 287 Å². The van der Waals surface area contributed by atoms with Crippen LogP contribution in [0, 0.1) is 24.2 Å². The lowest BCUT2D eigenvalue weighted by molar-refractivity contribution is -0.141. The van der Waals surface area contributed by atoms with E-state index in [0.717, 1.165) is 85.3 Å². The standard InChI is InChI=1S/C39H43N7O3/c1-26-34(25-40)33-22-30(8-9-35(33)41-26)37-24-31(23-36(42-37)28-6-4-3-5-7-28)39(49)46-20-18-44(19-21-46)32-12-16-45(17-13-32)38(48)29-10-14-43(15-11-29)27(2)47/h3-9,22-24,29,32,41H,10-21H2,1-2H3. The second-order valence-corrected chi connectivity index (χ2v) is 13.7. The number of benzene rings is 2. The highest BCUT2D eigenvalue weighted by molar-refractivity contribution is 5.97. The number of likely N-dealkylation sites (tertiary alicyclic amines) is 2. The van der Waals surface area contributed by atoms with Crippen LogP contribution < -0.4 is 0 Å². The second kappa shape index (κ2) is 13.8. The highest BCUT2D eigenvalue weighted by atomic mass is 16.2. The molecule has 5 heterocycles. The van der Waals surface area contributed by atoms with E-state index in [0.29, 0.717) is 49.0 Å². The van der Waals surface area contributed by atoms with Crippen LogP contribution in [0.3, 0.4) is 0 Å². The molecule has 0 saturated carbocycles. The van der Waals surface area contributed by atoms with E-state index in [1.807, 2.05) is 82.3 Å². The van der Waals surface area contributed by atoms with E-state index in [9.17, 15) is 19.6 Å². The molecule has 3 aliphatic heterocycles. The van der Waals surface area contributed by atoms with Crippen molar-refractivity contribution in [2.45, 2.75) is 45.6 Å². The number of pyridine rings is 1. The van der Waals surface area contributed by atoms with Crippen molar-refractivity contribution in [2.24, 2.45) is 5.92 Å². The Morgan fingerprint density at radius 2 is 1.43 bits per heavy atom. The summed E-state index contributed by atoms with van der Waals surface area (Å²) in [4.78, 5) is 55.5. The Hall–Kier alpha value is -5.01. The summed E-state index contributed by atoms with van der Waals surface area (Å²) in [6.45, 7) is 9.27. The van der Waals surface area contributed by atoms with Gasteiger partial charge in [0.05, 0.1) is 17.0 Å². The van der Waals surface area contributed by atoms with Crippen molar-refractivity contribution in [1.82, 2.24) is 29.6 Å². The van der Waals surface area contributed by atoms with Gasteiger partial charge in [-0.05, 0) is 56.9 Å². The number of nitrogens with one attached hydrogen (secondary N) is 1. The molecule has 0 spiro atoms. The summed E-state index contributed by atoms with van der Waals surface area (Å²) < 4.78 is 0. The number of aromatic amines is 1. The lowest BCUT2D eigenvalue weighted by atomic mass is 9.93. The molecule has 3 saturated heterocycles. The fourth-order valence-corrected chi connectivity index (χ4v) is 7.81. The number of hydrogen-bond acceptors (Lipinski definition) is 6. The number of nitrogens with zero attached hydrogens (tertiary/aromatic N) is 6. The molecule has 7 rings (SSSR count). The highest BCUT2D eigenvalue weighted by Gasteiger charge is 2.34. The van der Waals surface area contributed by atoms with Crippen LogP contribution in [0.4, 0.5) is 0 Å². The van der Waals surface area contributed by atoms with Crippen molar-refractivity contribution in [3.05, 3.63) is 77.5 Å². The predicted molar refractivity (Wildman–Crippen MR) is 188 cm³/mol. The number of aromatic nitrogens is 2. The zero-order valence-corrected chi connectivity index (χ0v) is 28.3. The molecule has 252 valence electrons. The van der Waals surface area contributed by atoms with Crippen molar-refractivity contribution in [2.75, 3.05) is 52.4 Å². The zero-order chi connectivity index (χ0) is 34.1. The molecule has 2 aromatic carbocycles. The molecule has 1 N–H and O–H groups in total. The molecule has 3 fully saturated rings. The van der Waals surface area contributed by atoms with E-state index >= 15 is 0 Å². The van der Waals surface area contributed by atoms with Crippen LogP contribution in [0.1, 0.15) is 54.2 Å². The maximum absolute atomic E-state index is 14.1. The summed E-state index contributed by atoms with van der Waals surface area (Å²) in [6, 6.07) is 22.3. The molecule has 0 atom stereocenters. The lowest BCUT2D eigenvalue weighted by Crippen LogP contribution is -2.55. The minimum atomic E-state index is -0.00648. The second-order valence-electron chi connectivity index (χ2n) is 13.7. The number of nitriles is 1. The number of H-pyrrole nitrogens is 1. The minimum absolute atomic E-state index is 0.00648. The molecule has 3 aliphatic rings. The Bertz CT molecular complexity index is 1910. The van der Waals surface area contributed by atoms with Gasteiger partial charge < -0.3 is 19.7 Å². The van der Waals surface area contributed by atoms with Gasteiger partial charge in [-0.3, -0.25) is 19.3 Å². The normalized spacial score (nSPS) is 18.1. The SMILES string of the molecule is CC(=O)N1CCC(C(=O)N2CCC(N3CCN(C(=O)c4cc(-c5ccccc5)nc(-c5ccc6[nH]c(C)c(C#N)c6c5)c4)CC3)CC2)CC1. The number of carbonyl (C=O) groups excluding carboxylic acids is 3. The van der Waals surface area contributed by atoms with Gasteiger partial charge >= 0.3 is 0 Å². The molecule has 10 heteroatoms. The summed E-state index contributed by atoms with van der Waals surface area (Å²) in [5.74, 6) is 0.353. The number of hydrogen-bond donors (Lipinski definition) is 1. The number of fused-ring (bicyclic) bond motifs is 1. The van der Waals surface area contributed by atoms with Gasteiger partial charge in [0.15, 0.2) is 0 Å². The van der Waals surface area contributed by atoms with Gasteiger partial charge in [0.1, 0.15) is 6.07 Å². The average molecular weight is 658 g/mol. The van der Waals surface area contributed by atoms with Crippen molar-refractivity contribution in [3.63, 3.8) is 0 Å². The number of rotatable bonds is 5. The van der Waals surface area contributed by atoms with E-state index < -0.39 is 0 Å². The third-order valence-corrected chi connectivity index (χ3v) is 10.7. The van der Waals surface area contributed by atoms with E-state index in [2.05, 4.69) is 16.0 Å². The molecule has 0 bridgehead atoms. The van der Waals surface area contributed by atoms with Crippen molar-refractivity contribution in [3.8, 4) is 28.6 Å². The maximum atomic E-state index is 14.1. The maximum Gasteiger partial charge on any atom is 0.254 e. The summed E-state index contributed by atoms with van der Waals surface area (Å²) in [5.41, 5.74) is 6.16. The van der Waals surface area contributed by atoms with Crippen LogP contribution in [0.25, 0.3) is 33.4 Å². The van der Waals surface area contributed by atoms with Crippen molar-refractivity contribution < 1.29 is 14.4 Å². The predicted octanol–water partition coefficient (Wildman–Crippen LogP) is 5.08. The summed E-state index contributed by atoms with van der Waals surface area (Å²) in [7, 11) is 0. The van der Waals surface area contributed by atoms with Crippen LogP contribution >= 0.6 is 0 Å². The number of piperazine rings is 1. The Morgan fingerprint density at radius 3 is 2.08 bits per heavy atom. The smallest absolute Gasteiger partial charge is 0.254 e. The third kappa shape index (κ3) is 6.68. The van der Waals surface area contributed by atoms with E-state index in [4.69, 9.17) is 4.98 Å². The number of piperidine rings is 2. The average Bonchev–Trinajstić information content (AvgIpc) is 3.48. The van der Waals surface area contributed by atoms with E-state index in [1.54, 1.807) is 6.92 Å². The summed E-state index contributed by atoms with van der Waals surface area (Å²) >= 11 is 0. The van der Waals surface area contributed by atoms with Gasteiger partial charge in [-0.15, -0.1) is 0 Å². The van der Waals surface area contributed by atoms with Crippen LogP contribution in [0.15, 0.2) is 60.7 Å². The minimum Gasteiger partial charge on any atom is -0.358 e. The van der Waals surface area contributed by atoms with Gasteiger partial charge in [0.25, 0.3) is 5.91 Å². The van der Waals surface area contributed by atoms with Crippen LogP contribution in [0.5, 0.6) is 0 Å². The zero-order valence-electron chi connectivity index (χ0n) is 28.3. The first-order valence-electron chi connectivity index (χ1n) is 17.5. The van der Waals surface area contributed by atoms with Gasteiger partial charge in [-0.1, -0.05) is 36.4 Å². The molecule has 0 radical (unpaired) electrons. The van der Waals surface area contributed by atoms with Gasteiger partial charge in [-0.25, -0.2) is 4.98 Å². The molecule has 0 unspecified atom stereocenters. The first kappa shape index (κ1) is 32.5. The number of aryl methyl sites for hydroxylation is 1. The molecule has 10 nitrogen and oxygen atoms in total. The van der Waals surface area contributed by atoms with Gasteiger partial charge in [-0.2, -0.15) is 5.26 Å². The number of amides is 3. The monoisotopic (exact) mass is 657 g/mol. The topological polar surface area (TPSA) is 117 Å². The highest BCUT2D eigenvalue weighted by Crippen LogP contribution is 2.31. The molecular formula is C39H43N7O3. The number of carbonyl (C=O) groups is 3. The van der Waals surface area contributed by atoms with Crippen molar-refractivity contribution in [1.29, 1.82) is 5.26 Å². The third-order valence-electron chi connectivity index (χ3n) is 10.7.